The van der Waals surface area contributed by atoms with Crippen LogP contribution in [0.4, 0.5) is 0 Å². The maximum atomic E-state index is 3.60. The molecule has 2 N–H and O–H groups in total. The van der Waals surface area contributed by atoms with Crippen molar-refractivity contribution in [1.29, 1.82) is 0 Å². The van der Waals surface area contributed by atoms with E-state index in [-0.39, 0.29) is 0 Å². The van der Waals surface area contributed by atoms with Gasteiger partial charge in [0.2, 0.25) is 0 Å². The molecule has 0 aromatic carbocycles. The van der Waals surface area contributed by atoms with Gasteiger partial charge in [0.25, 0.3) is 0 Å². The van der Waals surface area contributed by atoms with Crippen LogP contribution in [0.25, 0.3) is 0 Å². The second kappa shape index (κ2) is 4.75. The first-order valence-electron chi connectivity index (χ1n) is 8.02. The van der Waals surface area contributed by atoms with Crippen molar-refractivity contribution in [2.75, 3.05) is 0 Å². The van der Waals surface area contributed by atoms with Gasteiger partial charge in [-0.2, -0.15) is 0 Å². The molecule has 4 nitrogen and oxygen atoms in total. The van der Waals surface area contributed by atoms with E-state index in [0.29, 0.717) is 12.3 Å². The third-order valence-electron chi connectivity index (χ3n) is 5.26. The SMILES string of the molecule is C1CCC(N2N[C@@H]2[C@@H]2NN2C2CCCCC2)CC1. The minimum atomic E-state index is 0.607. The zero-order valence-electron chi connectivity index (χ0n) is 11.3. The van der Waals surface area contributed by atoms with Crippen LogP contribution in [0.2, 0.25) is 0 Å². The van der Waals surface area contributed by atoms with Crippen molar-refractivity contribution in [2.45, 2.75) is 88.6 Å². The maximum absolute atomic E-state index is 3.60. The van der Waals surface area contributed by atoms with Crippen LogP contribution in [-0.2, 0) is 0 Å². The Morgan fingerprint density at radius 1 is 0.556 bits per heavy atom. The molecule has 4 rings (SSSR count). The molecule has 2 aliphatic heterocycles. The number of hydrogen-bond acceptors (Lipinski definition) is 4. The summed E-state index contributed by atoms with van der Waals surface area (Å²) >= 11 is 0. The number of hydrazine groups is 2. The van der Waals surface area contributed by atoms with E-state index < -0.39 is 0 Å². The van der Waals surface area contributed by atoms with Gasteiger partial charge in [0.15, 0.2) is 0 Å². The summed E-state index contributed by atoms with van der Waals surface area (Å²) in [7, 11) is 0. The molecule has 2 saturated heterocycles. The molecule has 0 bridgehead atoms. The predicted molar refractivity (Wildman–Crippen MR) is 71.3 cm³/mol. The molecule has 102 valence electrons. The highest BCUT2D eigenvalue weighted by atomic mass is 15.9. The van der Waals surface area contributed by atoms with E-state index in [9.17, 15) is 0 Å². The monoisotopic (exact) mass is 250 g/mol. The van der Waals surface area contributed by atoms with E-state index >= 15 is 0 Å². The first-order valence-corrected chi connectivity index (χ1v) is 8.02. The summed E-state index contributed by atoms with van der Waals surface area (Å²) in [5, 5.41) is 5.05. The Morgan fingerprint density at radius 2 is 0.944 bits per heavy atom. The minimum Gasteiger partial charge on any atom is -0.232 e. The highest BCUT2D eigenvalue weighted by molar-refractivity contribution is 5.01. The standard InChI is InChI=1S/C14H26N4/c1-3-7-11(8-4-1)17-13(15-17)14-16-18(14)12-9-5-2-6-10-12/h11-16H,1-10H2/t13-,14+,17?,18?. The molecular weight excluding hydrogens is 224 g/mol. The van der Waals surface area contributed by atoms with Gasteiger partial charge in [-0.05, 0) is 25.7 Å². The first-order chi connectivity index (χ1) is 8.93. The fourth-order valence-corrected chi connectivity index (χ4v) is 4.07. The number of nitrogens with zero attached hydrogens (tertiary/aromatic N) is 2. The van der Waals surface area contributed by atoms with E-state index in [1.54, 1.807) is 0 Å². The Labute approximate surface area is 110 Å². The highest BCUT2D eigenvalue weighted by Gasteiger charge is 2.55. The second-order valence-corrected chi connectivity index (χ2v) is 6.55. The van der Waals surface area contributed by atoms with Gasteiger partial charge in [0.1, 0.15) is 12.3 Å². The summed E-state index contributed by atoms with van der Waals surface area (Å²) in [5.74, 6) is 0. The molecule has 4 atom stereocenters. The number of nitrogens with one attached hydrogen (secondary N) is 2. The van der Waals surface area contributed by atoms with Gasteiger partial charge in [-0.25, -0.2) is 20.9 Å². The molecule has 0 radical (unpaired) electrons. The van der Waals surface area contributed by atoms with E-state index in [4.69, 9.17) is 0 Å². The molecule has 2 saturated carbocycles. The molecule has 0 amide bonds. The lowest BCUT2D eigenvalue weighted by Crippen LogP contribution is -2.28. The summed E-state index contributed by atoms with van der Waals surface area (Å²) in [6, 6.07) is 1.64. The molecular formula is C14H26N4. The van der Waals surface area contributed by atoms with E-state index in [1.807, 2.05) is 0 Å². The average Bonchev–Trinajstić information content (AvgIpc) is 3.32. The lowest BCUT2D eigenvalue weighted by Gasteiger charge is -2.23. The zero-order valence-corrected chi connectivity index (χ0v) is 11.3. The smallest absolute Gasteiger partial charge is 0.118 e. The molecule has 4 fully saturated rings. The van der Waals surface area contributed by atoms with Gasteiger partial charge in [0.05, 0.1) is 0 Å². The van der Waals surface area contributed by atoms with Gasteiger partial charge >= 0.3 is 0 Å². The van der Waals surface area contributed by atoms with Crippen molar-refractivity contribution in [3.05, 3.63) is 0 Å². The van der Waals surface area contributed by atoms with Crippen LogP contribution >= 0.6 is 0 Å². The lowest BCUT2D eigenvalue weighted by molar-refractivity contribution is 0.242. The van der Waals surface area contributed by atoms with Crippen molar-refractivity contribution in [1.82, 2.24) is 20.9 Å². The molecule has 2 heterocycles. The molecule has 18 heavy (non-hydrogen) atoms. The van der Waals surface area contributed by atoms with Crippen molar-refractivity contribution < 1.29 is 0 Å². The van der Waals surface area contributed by atoms with Crippen LogP contribution in [0.1, 0.15) is 64.2 Å². The van der Waals surface area contributed by atoms with Crippen molar-refractivity contribution in [2.24, 2.45) is 0 Å². The minimum absolute atomic E-state index is 0.607. The molecule has 0 aromatic heterocycles. The van der Waals surface area contributed by atoms with E-state index in [1.165, 1.54) is 64.2 Å². The zero-order chi connectivity index (χ0) is 11.9. The summed E-state index contributed by atoms with van der Waals surface area (Å²) < 4.78 is 0. The number of rotatable bonds is 3. The third kappa shape index (κ3) is 2.20. The van der Waals surface area contributed by atoms with E-state index in [2.05, 4.69) is 20.9 Å². The predicted octanol–water partition coefficient (Wildman–Crippen LogP) is 1.94. The Balaban J connectivity index is 1.27. The molecule has 4 heteroatoms. The molecule has 2 aliphatic carbocycles. The van der Waals surface area contributed by atoms with Crippen LogP contribution in [0.5, 0.6) is 0 Å². The van der Waals surface area contributed by atoms with Crippen LogP contribution in [0, 0.1) is 0 Å². The molecule has 2 unspecified atom stereocenters. The van der Waals surface area contributed by atoms with Gasteiger partial charge < -0.3 is 0 Å². The Morgan fingerprint density at radius 3 is 1.33 bits per heavy atom. The normalized spacial score (nSPS) is 46.0. The Kier molecular flexibility index (Phi) is 3.07. The van der Waals surface area contributed by atoms with Gasteiger partial charge in [-0.3, -0.25) is 0 Å². The van der Waals surface area contributed by atoms with E-state index in [0.717, 1.165) is 12.1 Å². The van der Waals surface area contributed by atoms with Crippen molar-refractivity contribution in [3.63, 3.8) is 0 Å². The van der Waals surface area contributed by atoms with Crippen LogP contribution in [0.15, 0.2) is 0 Å². The quantitative estimate of drug-likeness (QED) is 0.752. The molecule has 4 aliphatic rings. The van der Waals surface area contributed by atoms with Gasteiger partial charge in [0, 0.05) is 12.1 Å². The fraction of sp³-hybridized carbons (Fsp3) is 1.00. The summed E-state index contributed by atoms with van der Waals surface area (Å²) in [4.78, 5) is 0. The van der Waals surface area contributed by atoms with Crippen LogP contribution in [-0.4, -0.2) is 34.4 Å². The first kappa shape index (κ1) is 11.6. The lowest BCUT2D eigenvalue weighted by atomic mass is 9.95. The Hall–Kier alpha value is -0.160. The van der Waals surface area contributed by atoms with Gasteiger partial charge in [-0.1, -0.05) is 38.5 Å². The number of hydrogen-bond donors (Lipinski definition) is 2. The summed E-state index contributed by atoms with van der Waals surface area (Å²) in [5.41, 5.74) is 7.20. The fourth-order valence-electron chi connectivity index (χ4n) is 4.07. The Bertz CT molecular complexity index is 266. The summed E-state index contributed by atoms with van der Waals surface area (Å²) in [6.45, 7) is 0. The van der Waals surface area contributed by atoms with Crippen LogP contribution in [0.3, 0.4) is 0 Å². The third-order valence-corrected chi connectivity index (χ3v) is 5.26. The summed E-state index contributed by atoms with van der Waals surface area (Å²) in [6.07, 6.45) is 15.4. The largest absolute Gasteiger partial charge is 0.232 e. The van der Waals surface area contributed by atoms with Crippen LogP contribution < -0.4 is 10.9 Å². The topological polar surface area (TPSA) is 49.9 Å². The molecule has 0 spiro atoms. The average molecular weight is 250 g/mol. The second-order valence-electron chi connectivity index (χ2n) is 6.55. The van der Waals surface area contributed by atoms with Gasteiger partial charge in [-0.15, -0.1) is 0 Å². The maximum Gasteiger partial charge on any atom is 0.118 e. The van der Waals surface area contributed by atoms with Crippen molar-refractivity contribution >= 4 is 0 Å². The highest BCUT2D eigenvalue weighted by Crippen LogP contribution is 2.35. The van der Waals surface area contributed by atoms with Crippen molar-refractivity contribution in [3.8, 4) is 0 Å². The molecule has 0 aromatic rings.